The Morgan fingerprint density at radius 2 is 2.00 bits per heavy atom. The Labute approximate surface area is 142 Å². The van der Waals surface area contributed by atoms with Gasteiger partial charge in [0.2, 0.25) is 5.91 Å². The van der Waals surface area contributed by atoms with E-state index in [0.717, 1.165) is 15.7 Å². The maximum absolute atomic E-state index is 12.0. The molecule has 0 radical (unpaired) electrons. The lowest BCUT2D eigenvalue weighted by atomic mass is 10.2. The molecule has 1 amide bonds. The summed E-state index contributed by atoms with van der Waals surface area (Å²) in [5.74, 6) is -0.125. The van der Waals surface area contributed by atoms with Crippen molar-refractivity contribution in [3.63, 3.8) is 0 Å². The van der Waals surface area contributed by atoms with Gasteiger partial charge in [0.15, 0.2) is 0 Å². The molecule has 23 heavy (non-hydrogen) atoms. The topological polar surface area (TPSA) is 64.7 Å². The average molecular weight is 374 g/mol. The van der Waals surface area contributed by atoms with E-state index in [1.807, 2.05) is 43.5 Å². The Bertz CT molecular complexity index is 806. The van der Waals surface area contributed by atoms with Crippen LogP contribution in [0, 0.1) is 6.92 Å². The van der Waals surface area contributed by atoms with Crippen molar-refractivity contribution in [1.29, 1.82) is 0 Å². The zero-order valence-electron chi connectivity index (χ0n) is 12.6. The van der Waals surface area contributed by atoms with E-state index in [1.165, 1.54) is 0 Å². The summed E-state index contributed by atoms with van der Waals surface area (Å²) in [5, 5.41) is 11.2. The van der Waals surface area contributed by atoms with Gasteiger partial charge in [-0.2, -0.15) is 10.2 Å². The van der Waals surface area contributed by atoms with Crippen molar-refractivity contribution in [2.24, 2.45) is 0 Å². The first-order valence-corrected chi connectivity index (χ1v) is 7.94. The van der Waals surface area contributed by atoms with E-state index < -0.39 is 0 Å². The van der Waals surface area contributed by atoms with Crippen LogP contribution in [-0.4, -0.2) is 25.5 Å². The van der Waals surface area contributed by atoms with Gasteiger partial charge in [0.1, 0.15) is 6.54 Å². The van der Waals surface area contributed by atoms with Crippen molar-refractivity contribution < 1.29 is 4.79 Å². The molecule has 1 aromatic carbocycles. The fraction of sp³-hybridized carbons (Fsp3) is 0.188. The predicted molar refractivity (Wildman–Crippen MR) is 91.1 cm³/mol. The molecule has 0 atom stereocenters. The van der Waals surface area contributed by atoms with Crippen LogP contribution in [0.15, 0.2) is 53.4 Å². The zero-order valence-corrected chi connectivity index (χ0v) is 14.2. The summed E-state index contributed by atoms with van der Waals surface area (Å²) in [6, 6.07) is 9.92. The quantitative estimate of drug-likeness (QED) is 0.747. The molecule has 0 fully saturated rings. The van der Waals surface area contributed by atoms with Gasteiger partial charge in [0, 0.05) is 22.6 Å². The monoisotopic (exact) mass is 373 g/mol. The largest absolute Gasteiger partial charge is 0.322 e. The molecule has 2 aromatic heterocycles. The Kier molecular flexibility index (Phi) is 4.57. The highest BCUT2D eigenvalue weighted by atomic mass is 79.9. The van der Waals surface area contributed by atoms with E-state index in [4.69, 9.17) is 0 Å². The Morgan fingerprint density at radius 3 is 2.70 bits per heavy atom. The van der Waals surface area contributed by atoms with E-state index in [2.05, 4.69) is 31.4 Å². The minimum absolute atomic E-state index is 0.125. The summed E-state index contributed by atoms with van der Waals surface area (Å²) in [6.07, 6.45) is 5.14. The molecule has 3 aromatic rings. The second-order valence-corrected chi connectivity index (χ2v) is 6.15. The molecule has 0 spiro atoms. The fourth-order valence-electron chi connectivity index (χ4n) is 2.19. The van der Waals surface area contributed by atoms with Crippen LogP contribution in [0.5, 0.6) is 0 Å². The number of rotatable bonds is 5. The highest BCUT2D eigenvalue weighted by Crippen LogP contribution is 2.12. The molecule has 0 aliphatic rings. The molecular formula is C16H16BrN5O. The molecule has 0 aliphatic heterocycles. The smallest absolute Gasteiger partial charge is 0.246 e. The van der Waals surface area contributed by atoms with Crippen LogP contribution < -0.4 is 5.32 Å². The highest BCUT2D eigenvalue weighted by molar-refractivity contribution is 9.10. The summed E-state index contributed by atoms with van der Waals surface area (Å²) >= 11 is 3.41. The van der Waals surface area contributed by atoms with Gasteiger partial charge in [-0.05, 0) is 30.7 Å². The number of carbonyl (C=O) groups excluding carboxylic acids is 1. The Balaban J connectivity index is 1.59. The normalized spacial score (nSPS) is 10.7. The first kappa shape index (κ1) is 15.5. The van der Waals surface area contributed by atoms with Crippen molar-refractivity contribution in [3.8, 4) is 0 Å². The minimum Gasteiger partial charge on any atom is -0.322 e. The van der Waals surface area contributed by atoms with Crippen LogP contribution in [0.25, 0.3) is 0 Å². The van der Waals surface area contributed by atoms with Gasteiger partial charge in [0.05, 0.1) is 18.4 Å². The number of aromatic nitrogens is 4. The van der Waals surface area contributed by atoms with Gasteiger partial charge in [0.25, 0.3) is 0 Å². The maximum Gasteiger partial charge on any atom is 0.246 e. The van der Waals surface area contributed by atoms with Crippen LogP contribution in [0.3, 0.4) is 0 Å². The molecule has 0 saturated carbocycles. The number of nitrogens with one attached hydrogen (secondary N) is 1. The average Bonchev–Trinajstić information content (AvgIpc) is 3.11. The number of aryl methyl sites for hydroxylation is 1. The van der Waals surface area contributed by atoms with Crippen molar-refractivity contribution in [2.45, 2.75) is 20.0 Å². The fourth-order valence-corrected chi connectivity index (χ4v) is 2.46. The van der Waals surface area contributed by atoms with E-state index in [9.17, 15) is 4.79 Å². The number of hydrogen-bond donors (Lipinski definition) is 1. The van der Waals surface area contributed by atoms with Crippen LogP contribution in [0.1, 0.15) is 11.3 Å². The molecule has 3 rings (SSSR count). The van der Waals surface area contributed by atoms with Gasteiger partial charge < -0.3 is 5.32 Å². The maximum atomic E-state index is 12.0. The van der Waals surface area contributed by atoms with Crippen molar-refractivity contribution >= 4 is 27.5 Å². The van der Waals surface area contributed by atoms with E-state index >= 15 is 0 Å². The first-order valence-electron chi connectivity index (χ1n) is 7.15. The lowest BCUT2D eigenvalue weighted by molar-refractivity contribution is -0.116. The molecule has 6 nitrogen and oxygen atoms in total. The molecule has 0 saturated heterocycles. The molecular weight excluding hydrogens is 358 g/mol. The minimum atomic E-state index is -0.125. The summed E-state index contributed by atoms with van der Waals surface area (Å²) < 4.78 is 4.49. The van der Waals surface area contributed by atoms with Crippen molar-refractivity contribution in [1.82, 2.24) is 19.6 Å². The van der Waals surface area contributed by atoms with E-state index in [1.54, 1.807) is 21.8 Å². The molecule has 1 N–H and O–H groups in total. The number of amides is 1. The lowest BCUT2D eigenvalue weighted by Crippen LogP contribution is -2.19. The summed E-state index contributed by atoms with van der Waals surface area (Å²) in [5.41, 5.74) is 2.77. The van der Waals surface area contributed by atoms with Crippen molar-refractivity contribution in [2.75, 3.05) is 5.32 Å². The molecule has 0 aliphatic carbocycles. The summed E-state index contributed by atoms with van der Waals surface area (Å²) in [4.78, 5) is 12.0. The van der Waals surface area contributed by atoms with Gasteiger partial charge in [-0.1, -0.05) is 28.1 Å². The number of anilines is 1. The molecule has 2 heterocycles. The number of nitrogens with zero attached hydrogens (tertiary/aromatic N) is 4. The second kappa shape index (κ2) is 6.78. The van der Waals surface area contributed by atoms with Crippen LogP contribution in [-0.2, 0) is 17.9 Å². The third-order valence-electron chi connectivity index (χ3n) is 3.40. The van der Waals surface area contributed by atoms with Gasteiger partial charge in [-0.15, -0.1) is 0 Å². The molecule has 7 heteroatoms. The SMILES string of the molecule is Cc1ccnn1CC(=O)Nc1cnn(Cc2ccc(Br)cc2)c1. The van der Waals surface area contributed by atoms with Crippen LogP contribution in [0.2, 0.25) is 0 Å². The zero-order chi connectivity index (χ0) is 16.2. The molecule has 0 unspecified atom stereocenters. The summed E-state index contributed by atoms with van der Waals surface area (Å²) in [6.45, 7) is 2.76. The Hall–Kier alpha value is -2.41. The van der Waals surface area contributed by atoms with Crippen LogP contribution >= 0.6 is 15.9 Å². The highest BCUT2D eigenvalue weighted by Gasteiger charge is 2.07. The second-order valence-electron chi connectivity index (χ2n) is 5.23. The van der Waals surface area contributed by atoms with Gasteiger partial charge in [-0.3, -0.25) is 14.2 Å². The van der Waals surface area contributed by atoms with E-state index in [-0.39, 0.29) is 12.5 Å². The van der Waals surface area contributed by atoms with Gasteiger partial charge in [-0.25, -0.2) is 0 Å². The van der Waals surface area contributed by atoms with Gasteiger partial charge >= 0.3 is 0 Å². The summed E-state index contributed by atoms with van der Waals surface area (Å²) in [7, 11) is 0. The molecule has 0 bridgehead atoms. The number of benzene rings is 1. The third kappa shape index (κ3) is 4.07. The first-order chi connectivity index (χ1) is 11.1. The number of halogens is 1. The third-order valence-corrected chi connectivity index (χ3v) is 3.93. The van der Waals surface area contributed by atoms with Crippen LogP contribution in [0.4, 0.5) is 5.69 Å². The molecule has 118 valence electrons. The number of carbonyl (C=O) groups is 1. The predicted octanol–water partition coefficient (Wildman–Crippen LogP) is 2.84. The number of hydrogen-bond acceptors (Lipinski definition) is 3. The van der Waals surface area contributed by atoms with Crippen molar-refractivity contribution in [3.05, 3.63) is 64.7 Å². The standard InChI is InChI=1S/C16H16BrN5O/c1-12-6-7-18-22(12)11-16(23)20-15-8-19-21(10-15)9-13-2-4-14(17)5-3-13/h2-8,10H,9,11H2,1H3,(H,20,23). The lowest BCUT2D eigenvalue weighted by Gasteiger charge is -2.05. The Morgan fingerprint density at radius 1 is 1.22 bits per heavy atom. The van der Waals surface area contributed by atoms with E-state index in [0.29, 0.717) is 12.2 Å².